The van der Waals surface area contributed by atoms with Gasteiger partial charge in [0.2, 0.25) is 5.95 Å². The molecule has 6 heteroatoms. The van der Waals surface area contributed by atoms with Crippen molar-refractivity contribution < 1.29 is 0 Å². The highest BCUT2D eigenvalue weighted by Gasteiger charge is 2.09. The smallest absolute Gasteiger partial charge is 0.239 e. The number of fused-ring (bicyclic) bond motifs is 1. The number of hydrazine groups is 1. The third-order valence-electron chi connectivity index (χ3n) is 3.11. The molecule has 2 aromatic carbocycles. The summed E-state index contributed by atoms with van der Waals surface area (Å²) < 4.78 is 0.970. The predicted octanol–water partition coefficient (Wildman–Crippen LogP) is 3.73. The number of nitrogens with two attached hydrogens (primary N) is 1. The summed E-state index contributed by atoms with van der Waals surface area (Å²) in [6.07, 6.45) is 0. The Morgan fingerprint density at radius 2 is 1.90 bits per heavy atom. The zero-order chi connectivity index (χ0) is 14.8. The summed E-state index contributed by atoms with van der Waals surface area (Å²) in [5.74, 6) is 6.53. The normalized spacial score (nSPS) is 10.6. The Morgan fingerprint density at radius 1 is 1.10 bits per heavy atom. The van der Waals surface area contributed by atoms with Gasteiger partial charge >= 0.3 is 0 Å². The molecule has 0 radical (unpaired) electrons. The Labute approximate surface area is 130 Å². The van der Waals surface area contributed by atoms with E-state index in [0.29, 0.717) is 11.8 Å². The summed E-state index contributed by atoms with van der Waals surface area (Å²) in [6.45, 7) is 2.04. The second-order valence-electron chi connectivity index (χ2n) is 4.67. The third kappa shape index (κ3) is 2.81. The lowest BCUT2D eigenvalue weighted by molar-refractivity contribution is 1.15. The van der Waals surface area contributed by atoms with Crippen LogP contribution in [-0.2, 0) is 0 Å². The maximum atomic E-state index is 5.45. The van der Waals surface area contributed by atoms with Crippen molar-refractivity contribution in [2.75, 3.05) is 10.7 Å². The average Bonchev–Trinajstić information content (AvgIpc) is 2.50. The quantitative estimate of drug-likeness (QED) is 0.499. The first-order valence-corrected chi connectivity index (χ1v) is 7.23. The van der Waals surface area contributed by atoms with Gasteiger partial charge in [-0.3, -0.25) is 5.43 Å². The minimum Gasteiger partial charge on any atom is -0.339 e. The number of aromatic nitrogens is 2. The molecule has 5 nitrogen and oxygen atoms in total. The number of benzene rings is 2. The van der Waals surface area contributed by atoms with Crippen molar-refractivity contribution in [2.24, 2.45) is 5.84 Å². The van der Waals surface area contributed by atoms with Gasteiger partial charge in [-0.2, -0.15) is 4.98 Å². The van der Waals surface area contributed by atoms with E-state index >= 15 is 0 Å². The van der Waals surface area contributed by atoms with Crippen molar-refractivity contribution in [1.82, 2.24) is 9.97 Å². The van der Waals surface area contributed by atoms with Crippen molar-refractivity contribution in [1.29, 1.82) is 0 Å². The molecule has 0 spiro atoms. The largest absolute Gasteiger partial charge is 0.339 e. The first-order valence-electron chi connectivity index (χ1n) is 6.44. The van der Waals surface area contributed by atoms with Gasteiger partial charge in [0.05, 0.1) is 11.2 Å². The summed E-state index contributed by atoms with van der Waals surface area (Å²) in [5, 5.41) is 4.27. The summed E-state index contributed by atoms with van der Waals surface area (Å²) in [4.78, 5) is 8.74. The molecule has 1 aromatic heterocycles. The van der Waals surface area contributed by atoms with E-state index in [1.54, 1.807) is 0 Å². The molecule has 0 aliphatic carbocycles. The molecule has 0 fully saturated rings. The lowest BCUT2D eigenvalue weighted by Gasteiger charge is -2.12. The first kappa shape index (κ1) is 13.8. The van der Waals surface area contributed by atoms with Crippen LogP contribution >= 0.6 is 15.9 Å². The van der Waals surface area contributed by atoms with Gasteiger partial charge in [0.15, 0.2) is 0 Å². The maximum Gasteiger partial charge on any atom is 0.239 e. The number of nitrogens with zero attached hydrogens (tertiary/aromatic N) is 2. The van der Waals surface area contributed by atoms with Gasteiger partial charge in [0.1, 0.15) is 5.82 Å². The van der Waals surface area contributed by atoms with Crippen LogP contribution in [0.3, 0.4) is 0 Å². The first-order chi connectivity index (χ1) is 10.2. The van der Waals surface area contributed by atoms with Gasteiger partial charge < -0.3 is 5.32 Å². The predicted molar refractivity (Wildman–Crippen MR) is 89.5 cm³/mol. The van der Waals surface area contributed by atoms with Crippen molar-refractivity contribution >= 4 is 44.3 Å². The molecular weight excluding hydrogens is 330 g/mol. The Bertz CT molecular complexity index is 803. The van der Waals surface area contributed by atoms with Crippen LogP contribution in [0.5, 0.6) is 0 Å². The number of hydrogen-bond acceptors (Lipinski definition) is 5. The standard InChI is InChI=1S/C15H14BrN5/c1-9-6-7-11(16)13(8-9)18-14-10-4-2-3-5-12(10)19-15(20-14)21-17/h2-8H,17H2,1H3,(H2,18,19,20,21). The lowest BCUT2D eigenvalue weighted by Crippen LogP contribution is -2.11. The molecule has 106 valence electrons. The van der Waals surface area contributed by atoms with Crippen LogP contribution in [0.2, 0.25) is 0 Å². The molecule has 0 unspecified atom stereocenters. The van der Waals surface area contributed by atoms with E-state index in [0.717, 1.165) is 26.6 Å². The minimum atomic E-state index is 0.375. The van der Waals surface area contributed by atoms with Crippen molar-refractivity contribution in [3.8, 4) is 0 Å². The van der Waals surface area contributed by atoms with E-state index in [2.05, 4.69) is 42.7 Å². The number of halogens is 1. The van der Waals surface area contributed by atoms with E-state index in [1.165, 1.54) is 0 Å². The molecule has 3 aromatic rings. The molecule has 0 saturated heterocycles. The summed E-state index contributed by atoms with van der Waals surface area (Å²) in [7, 11) is 0. The monoisotopic (exact) mass is 343 g/mol. The van der Waals surface area contributed by atoms with Crippen LogP contribution in [0.15, 0.2) is 46.9 Å². The molecule has 0 aliphatic rings. The SMILES string of the molecule is Cc1ccc(Br)c(Nc2nc(NN)nc3ccccc23)c1. The number of aryl methyl sites for hydroxylation is 1. The molecular formula is C15H14BrN5. The Hall–Kier alpha value is -2.18. The number of anilines is 3. The van der Waals surface area contributed by atoms with Crippen molar-refractivity contribution in [2.45, 2.75) is 6.92 Å². The van der Waals surface area contributed by atoms with Gasteiger partial charge in [-0.15, -0.1) is 0 Å². The third-order valence-corrected chi connectivity index (χ3v) is 3.80. The van der Waals surface area contributed by atoms with Gasteiger partial charge in [-0.05, 0) is 52.7 Å². The van der Waals surface area contributed by atoms with E-state index < -0.39 is 0 Å². The maximum absolute atomic E-state index is 5.45. The van der Waals surface area contributed by atoms with Gasteiger partial charge in [-0.25, -0.2) is 10.8 Å². The fraction of sp³-hybridized carbons (Fsp3) is 0.0667. The minimum absolute atomic E-state index is 0.375. The second-order valence-corrected chi connectivity index (χ2v) is 5.52. The zero-order valence-corrected chi connectivity index (χ0v) is 13.0. The van der Waals surface area contributed by atoms with Crippen LogP contribution in [0.1, 0.15) is 5.56 Å². The number of rotatable bonds is 3. The highest BCUT2D eigenvalue weighted by molar-refractivity contribution is 9.10. The Kier molecular flexibility index (Phi) is 3.72. The van der Waals surface area contributed by atoms with E-state index in [9.17, 15) is 0 Å². The fourth-order valence-corrected chi connectivity index (χ4v) is 2.44. The summed E-state index contributed by atoms with van der Waals surface area (Å²) in [5.41, 5.74) is 5.43. The second kappa shape index (κ2) is 5.67. The highest BCUT2D eigenvalue weighted by Crippen LogP contribution is 2.29. The van der Waals surface area contributed by atoms with Crippen molar-refractivity contribution in [3.05, 3.63) is 52.5 Å². The topological polar surface area (TPSA) is 75.9 Å². The van der Waals surface area contributed by atoms with E-state index in [4.69, 9.17) is 5.84 Å². The Balaban J connectivity index is 2.13. The van der Waals surface area contributed by atoms with E-state index in [-0.39, 0.29) is 0 Å². The molecule has 0 atom stereocenters. The molecule has 0 saturated carbocycles. The Morgan fingerprint density at radius 3 is 2.71 bits per heavy atom. The van der Waals surface area contributed by atoms with Gasteiger partial charge in [0, 0.05) is 9.86 Å². The molecule has 4 N–H and O–H groups in total. The highest BCUT2D eigenvalue weighted by atomic mass is 79.9. The average molecular weight is 344 g/mol. The van der Waals surface area contributed by atoms with Gasteiger partial charge in [-0.1, -0.05) is 18.2 Å². The summed E-state index contributed by atoms with van der Waals surface area (Å²) in [6, 6.07) is 13.9. The van der Waals surface area contributed by atoms with Crippen LogP contribution in [0.25, 0.3) is 10.9 Å². The zero-order valence-electron chi connectivity index (χ0n) is 11.4. The fourth-order valence-electron chi connectivity index (χ4n) is 2.10. The number of nitrogens with one attached hydrogen (secondary N) is 2. The van der Waals surface area contributed by atoms with Crippen LogP contribution in [0, 0.1) is 6.92 Å². The molecule has 3 rings (SSSR count). The number of nitrogen functional groups attached to an aromatic ring is 1. The van der Waals surface area contributed by atoms with Crippen molar-refractivity contribution in [3.63, 3.8) is 0 Å². The van der Waals surface area contributed by atoms with Crippen LogP contribution in [-0.4, -0.2) is 9.97 Å². The number of para-hydroxylation sites is 1. The number of hydrogen-bond donors (Lipinski definition) is 3. The van der Waals surface area contributed by atoms with E-state index in [1.807, 2.05) is 43.3 Å². The van der Waals surface area contributed by atoms with Crippen LogP contribution < -0.4 is 16.6 Å². The molecule has 0 amide bonds. The lowest BCUT2D eigenvalue weighted by atomic mass is 10.2. The van der Waals surface area contributed by atoms with Gasteiger partial charge in [0.25, 0.3) is 0 Å². The van der Waals surface area contributed by atoms with Crippen LogP contribution in [0.4, 0.5) is 17.5 Å². The molecule has 0 aliphatic heterocycles. The molecule has 21 heavy (non-hydrogen) atoms. The summed E-state index contributed by atoms with van der Waals surface area (Å²) >= 11 is 3.54. The molecule has 1 heterocycles. The molecule has 0 bridgehead atoms.